The van der Waals surface area contributed by atoms with Crippen LogP contribution in [0.4, 0.5) is 0 Å². The van der Waals surface area contributed by atoms with Gasteiger partial charge in [-0.15, -0.1) is 0 Å². The van der Waals surface area contributed by atoms with Gasteiger partial charge in [0.2, 0.25) is 15.6 Å². The Labute approximate surface area is 126 Å². The van der Waals surface area contributed by atoms with Gasteiger partial charge in [-0.25, -0.2) is 17.5 Å². The van der Waals surface area contributed by atoms with Gasteiger partial charge in [-0.1, -0.05) is 12.1 Å². The Morgan fingerprint density at radius 3 is 2.27 bits per heavy atom. The van der Waals surface area contributed by atoms with Crippen LogP contribution in [0, 0.1) is 0 Å². The molecule has 0 unspecified atom stereocenters. The summed E-state index contributed by atoms with van der Waals surface area (Å²) < 4.78 is 25.1. The van der Waals surface area contributed by atoms with E-state index in [1.165, 1.54) is 44.6 Å². The van der Waals surface area contributed by atoms with E-state index in [0.29, 0.717) is 11.1 Å². The van der Waals surface area contributed by atoms with Crippen LogP contribution in [0.25, 0.3) is 11.1 Å². The molecular formula is C14H14N2O5S. The fourth-order valence-electron chi connectivity index (χ4n) is 1.90. The third-order valence-corrected chi connectivity index (χ3v) is 4.93. The van der Waals surface area contributed by atoms with Crippen molar-refractivity contribution in [3.8, 4) is 11.1 Å². The molecule has 116 valence electrons. The SMILES string of the molecule is CN(C)S(=O)(=O)c1ccc(-c2c[nH]c(=O)cc2C(=O)O)cc1. The van der Waals surface area contributed by atoms with Crippen LogP contribution < -0.4 is 5.56 Å². The zero-order valence-electron chi connectivity index (χ0n) is 11.9. The van der Waals surface area contributed by atoms with Crippen LogP contribution in [0.5, 0.6) is 0 Å². The Bertz CT molecular complexity index is 867. The molecule has 1 heterocycles. The minimum Gasteiger partial charge on any atom is -0.478 e. The van der Waals surface area contributed by atoms with Gasteiger partial charge in [0.15, 0.2) is 0 Å². The normalized spacial score (nSPS) is 11.6. The Morgan fingerprint density at radius 1 is 1.18 bits per heavy atom. The summed E-state index contributed by atoms with van der Waals surface area (Å²) in [5.74, 6) is -1.23. The van der Waals surface area contributed by atoms with Crippen molar-refractivity contribution < 1.29 is 18.3 Å². The molecule has 0 radical (unpaired) electrons. The summed E-state index contributed by atoms with van der Waals surface area (Å²) >= 11 is 0. The molecule has 2 rings (SSSR count). The minimum atomic E-state index is -3.55. The molecule has 0 aliphatic rings. The van der Waals surface area contributed by atoms with Crippen molar-refractivity contribution in [2.45, 2.75) is 4.90 Å². The van der Waals surface area contributed by atoms with Gasteiger partial charge in [0, 0.05) is 31.9 Å². The number of nitrogens with zero attached hydrogens (tertiary/aromatic N) is 1. The van der Waals surface area contributed by atoms with Crippen LogP contribution >= 0.6 is 0 Å². The second-order valence-corrected chi connectivity index (χ2v) is 6.89. The highest BCUT2D eigenvalue weighted by atomic mass is 32.2. The number of carboxylic acid groups (broad SMARTS) is 1. The van der Waals surface area contributed by atoms with E-state index in [1.54, 1.807) is 0 Å². The third kappa shape index (κ3) is 2.92. The maximum Gasteiger partial charge on any atom is 0.336 e. The lowest BCUT2D eigenvalue weighted by molar-refractivity contribution is 0.0697. The van der Waals surface area contributed by atoms with Gasteiger partial charge >= 0.3 is 5.97 Å². The van der Waals surface area contributed by atoms with Gasteiger partial charge in [0.25, 0.3) is 0 Å². The number of carboxylic acids is 1. The molecule has 2 N–H and O–H groups in total. The summed E-state index contributed by atoms with van der Waals surface area (Å²) in [7, 11) is -0.701. The number of aromatic nitrogens is 1. The molecule has 1 aromatic carbocycles. The Morgan fingerprint density at radius 2 is 1.77 bits per heavy atom. The van der Waals surface area contributed by atoms with Gasteiger partial charge in [-0.2, -0.15) is 0 Å². The van der Waals surface area contributed by atoms with Gasteiger partial charge in [-0.05, 0) is 17.7 Å². The first-order chi connectivity index (χ1) is 10.2. The minimum absolute atomic E-state index is 0.0996. The number of rotatable bonds is 4. The molecule has 2 aromatic rings. The maximum absolute atomic E-state index is 12.0. The van der Waals surface area contributed by atoms with Crippen molar-refractivity contribution in [1.29, 1.82) is 0 Å². The molecule has 7 nitrogen and oxygen atoms in total. The first-order valence-electron chi connectivity index (χ1n) is 6.22. The van der Waals surface area contributed by atoms with Crippen molar-refractivity contribution in [2.24, 2.45) is 0 Å². The quantitative estimate of drug-likeness (QED) is 0.873. The molecule has 0 atom stereocenters. The molecule has 0 saturated carbocycles. The number of benzene rings is 1. The molecule has 22 heavy (non-hydrogen) atoms. The maximum atomic E-state index is 12.0. The predicted molar refractivity (Wildman–Crippen MR) is 80.3 cm³/mol. The van der Waals surface area contributed by atoms with Gasteiger partial charge < -0.3 is 10.1 Å². The van der Waals surface area contributed by atoms with Gasteiger partial charge in [0.05, 0.1) is 10.5 Å². The summed E-state index contributed by atoms with van der Waals surface area (Å²) in [6, 6.07) is 6.76. The highest BCUT2D eigenvalue weighted by molar-refractivity contribution is 7.89. The lowest BCUT2D eigenvalue weighted by atomic mass is 10.0. The fraction of sp³-hybridized carbons (Fsp3) is 0.143. The smallest absolute Gasteiger partial charge is 0.336 e. The highest BCUT2D eigenvalue weighted by Gasteiger charge is 2.18. The molecule has 0 saturated heterocycles. The summed E-state index contributed by atoms with van der Waals surface area (Å²) in [4.78, 5) is 25.0. The molecular weight excluding hydrogens is 308 g/mol. The van der Waals surface area contributed by atoms with Crippen LogP contribution in [0.2, 0.25) is 0 Å². The second kappa shape index (κ2) is 5.74. The zero-order valence-corrected chi connectivity index (χ0v) is 12.7. The van der Waals surface area contributed by atoms with Crippen LogP contribution in [0.15, 0.2) is 46.2 Å². The summed E-state index contributed by atoms with van der Waals surface area (Å²) in [6.45, 7) is 0. The largest absolute Gasteiger partial charge is 0.478 e. The van der Waals surface area contributed by atoms with Crippen molar-refractivity contribution in [1.82, 2.24) is 9.29 Å². The number of sulfonamides is 1. The number of hydrogen-bond acceptors (Lipinski definition) is 4. The molecule has 0 bridgehead atoms. The Hall–Kier alpha value is -2.45. The van der Waals surface area contributed by atoms with E-state index in [2.05, 4.69) is 4.98 Å². The predicted octanol–water partition coefficient (Wildman–Crippen LogP) is 0.990. The third-order valence-electron chi connectivity index (χ3n) is 3.10. The lowest BCUT2D eigenvalue weighted by Crippen LogP contribution is -2.22. The lowest BCUT2D eigenvalue weighted by Gasteiger charge is -2.12. The molecule has 0 fully saturated rings. The number of nitrogens with one attached hydrogen (secondary N) is 1. The Balaban J connectivity index is 2.53. The molecule has 0 spiro atoms. The van der Waals surface area contributed by atoms with E-state index in [-0.39, 0.29) is 10.5 Å². The Kier molecular flexibility index (Phi) is 4.16. The van der Waals surface area contributed by atoms with Gasteiger partial charge in [-0.3, -0.25) is 4.79 Å². The number of carbonyl (C=O) groups is 1. The summed E-state index contributed by atoms with van der Waals surface area (Å²) in [6.07, 6.45) is 1.29. The zero-order chi connectivity index (χ0) is 16.5. The average Bonchev–Trinajstić information content (AvgIpc) is 2.47. The highest BCUT2D eigenvalue weighted by Crippen LogP contribution is 2.24. The average molecular weight is 322 g/mol. The van der Waals surface area contributed by atoms with E-state index in [9.17, 15) is 18.0 Å². The first kappa shape index (κ1) is 15.9. The number of pyridine rings is 1. The molecule has 1 aromatic heterocycles. The molecule has 0 amide bonds. The molecule has 8 heteroatoms. The molecule has 0 aliphatic carbocycles. The topological polar surface area (TPSA) is 108 Å². The standard InChI is InChI=1S/C14H14N2O5S/c1-16(2)22(20,21)10-5-3-9(4-6-10)12-8-15-13(17)7-11(12)14(18)19/h3-8H,1-2H3,(H,15,17)(H,18,19). The van der Waals surface area contributed by atoms with E-state index < -0.39 is 21.6 Å². The summed E-state index contributed by atoms with van der Waals surface area (Å²) in [5, 5.41) is 9.15. The van der Waals surface area contributed by atoms with E-state index in [4.69, 9.17) is 5.11 Å². The van der Waals surface area contributed by atoms with Crippen molar-refractivity contribution >= 4 is 16.0 Å². The fourth-order valence-corrected chi connectivity index (χ4v) is 2.81. The van der Waals surface area contributed by atoms with Crippen molar-refractivity contribution in [3.63, 3.8) is 0 Å². The second-order valence-electron chi connectivity index (χ2n) is 4.74. The number of aromatic amines is 1. The monoisotopic (exact) mass is 322 g/mol. The first-order valence-corrected chi connectivity index (χ1v) is 7.66. The number of hydrogen-bond donors (Lipinski definition) is 2. The summed E-state index contributed by atoms with van der Waals surface area (Å²) in [5.41, 5.74) is 0.132. The van der Waals surface area contributed by atoms with Crippen molar-refractivity contribution in [2.75, 3.05) is 14.1 Å². The van der Waals surface area contributed by atoms with E-state index in [0.717, 1.165) is 10.4 Å². The van der Waals surface area contributed by atoms with E-state index >= 15 is 0 Å². The van der Waals surface area contributed by atoms with E-state index in [1.807, 2.05) is 0 Å². The van der Waals surface area contributed by atoms with Crippen LogP contribution in [0.3, 0.4) is 0 Å². The van der Waals surface area contributed by atoms with Crippen LogP contribution in [-0.2, 0) is 10.0 Å². The van der Waals surface area contributed by atoms with Crippen molar-refractivity contribution in [3.05, 3.63) is 52.4 Å². The number of aromatic carboxylic acids is 1. The molecule has 0 aliphatic heterocycles. The number of H-pyrrole nitrogens is 1. The van der Waals surface area contributed by atoms with Gasteiger partial charge in [0.1, 0.15) is 0 Å². The van der Waals surface area contributed by atoms with Crippen LogP contribution in [0.1, 0.15) is 10.4 Å². The van der Waals surface area contributed by atoms with Crippen LogP contribution in [-0.4, -0.2) is 42.9 Å².